The summed E-state index contributed by atoms with van der Waals surface area (Å²) in [7, 11) is 1.77. The van der Waals surface area contributed by atoms with Crippen molar-refractivity contribution in [2.24, 2.45) is 0 Å². The number of likely N-dealkylation sites (N-methyl/N-ethyl adjacent to an activating group) is 1. The minimum Gasteiger partial charge on any atom is -0.315 e. The van der Waals surface area contributed by atoms with Gasteiger partial charge in [-0.2, -0.15) is 0 Å². The van der Waals surface area contributed by atoms with Crippen LogP contribution < -0.4 is 4.90 Å². The molecule has 0 bridgehead atoms. The quantitative estimate of drug-likeness (QED) is 0.792. The first-order valence-corrected chi connectivity index (χ1v) is 6.99. The molecule has 2 aromatic carbocycles. The number of amides is 1. The summed E-state index contributed by atoms with van der Waals surface area (Å²) in [5.41, 5.74) is 5.20. The molecule has 3 nitrogen and oxygen atoms in total. The van der Waals surface area contributed by atoms with Gasteiger partial charge in [-0.3, -0.25) is 9.59 Å². The van der Waals surface area contributed by atoms with Crippen molar-refractivity contribution in [2.45, 2.75) is 20.3 Å². The first-order valence-electron chi connectivity index (χ1n) is 6.99. The fourth-order valence-corrected chi connectivity index (χ4v) is 2.93. The molecule has 0 saturated carbocycles. The van der Waals surface area contributed by atoms with Crippen molar-refractivity contribution < 1.29 is 9.59 Å². The van der Waals surface area contributed by atoms with Gasteiger partial charge in [0.25, 0.3) is 0 Å². The van der Waals surface area contributed by atoms with Crippen LogP contribution in [0.1, 0.15) is 32.6 Å². The second-order valence-electron chi connectivity index (χ2n) is 5.57. The average Bonchev–Trinajstić information content (AvgIpc) is 2.73. The summed E-state index contributed by atoms with van der Waals surface area (Å²) in [6, 6.07) is 11.4. The maximum Gasteiger partial charge on any atom is 0.231 e. The van der Waals surface area contributed by atoms with Gasteiger partial charge in [-0.25, -0.2) is 0 Å². The van der Waals surface area contributed by atoms with Gasteiger partial charge in [-0.05, 0) is 48.7 Å². The van der Waals surface area contributed by atoms with Gasteiger partial charge < -0.3 is 4.90 Å². The lowest BCUT2D eigenvalue weighted by Crippen LogP contribution is -2.20. The third kappa shape index (κ3) is 2.15. The van der Waals surface area contributed by atoms with Gasteiger partial charge in [0.2, 0.25) is 5.91 Å². The van der Waals surface area contributed by atoms with Gasteiger partial charge in [-0.15, -0.1) is 0 Å². The zero-order chi connectivity index (χ0) is 15.1. The Morgan fingerprint density at radius 1 is 1.10 bits per heavy atom. The maximum absolute atomic E-state index is 12.8. The van der Waals surface area contributed by atoms with Gasteiger partial charge in [0.1, 0.15) is 0 Å². The fraction of sp³-hybridized carbons (Fsp3) is 0.222. The van der Waals surface area contributed by atoms with Crippen molar-refractivity contribution in [1.82, 2.24) is 0 Å². The van der Waals surface area contributed by atoms with E-state index in [4.69, 9.17) is 0 Å². The number of hydrogen-bond acceptors (Lipinski definition) is 2. The summed E-state index contributed by atoms with van der Waals surface area (Å²) in [4.78, 5) is 26.1. The number of aryl methyl sites for hydroxylation is 2. The molecule has 3 rings (SSSR count). The van der Waals surface area contributed by atoms with Crippen LogP contribution in [0.3, 0.4) is 0 Å². The van der Waals surface area contributed by atoms with Gasteiger partial charge in [-0.1, -0.05) is 18.2 Å². The number of carbonyl (C=O) groups is 2. The second kappa shape index (κ2) is 4.85. The first kappa shape index (κ1) is 13.6. The zero-order valence-electron chi connectivity index (χ0n) is 12.4. The van der Waals surface area contributed by atoms with E-state index >= 15 is 0 Å². The lowest BCUT2D eigenvalue weighted by Gasteiger charge is -2.12. The van der Waals surface area contributed by atoms with E-state index in [1.165, 1.54) is 0 Å². The first-order chi connectivity index (χ1) is 9.99. The third-order valence-corrected chi connectivity index (χ3v) is 4.13. The second-order valence-corrected chi connectivity index (χ2v) is 5.57. The molecule has 3 heteroatoms. The molecule has 0 atom stereocenters. The van der Waals surface area contributed by atoms with Crippen LogP contribution in [0, 0.1) is 13.8 Å². The molecule has 0 unspecified atom stereocenters. The molecular formula is C18H17NO2. The van der Waals surface area contributed by atoms with Crippen molar-refractivity contribution in [3.8, 4) is 0 Å². The van der Waals surface area contributed by atoms with Crippen molar-refractivity contribution in [1.29, 1.82) is 0 Å². The van der Waals surface area contributed by atoms with Crippen LogP contribution in [0.15, 0.2) is 36.4 Å². The number of ketones is 1. The summed E-state index contributed by atoms with van der Waals surface area (Å²) >= 11 is 0. The molecule has 0 spiro atoms. The summed E-state index contributed by atoms with van der Waals surface area (Å²) in [5, 5.41) is 0. The van der Waals surface area contributed by atoms with E-state index in [-0.39, 0.29) is 11.7 Å². The number of benzene rings is 2. The van der Waals surface area contributed by atoms with Gasteiger partial charge in [0.05, 0.1) is 6.42 Å². The van der Waals surface area contributed by atoms with Crippen LogP contribution in [0.4, 0.5) is 5.69 Å². The third-order valence-electron chi connectivity index (χ3n) is 4.13. The lowest BCUT2D eigenvalue weighted by atomic mass is 9.94. The predicted molar refractivity (Wildman–Crippen MR) is 82.9 cm³/mol. The zero-order valence-corrected chi connectivity index (χ0v) is 12.4. The highest BCUT2D eigenvalue weighted by atomic mass is 16.2. The Morgan fingerprint density at radius 2 is 1.76 bits per heavy atom. The summed E-state index contributed by atoms with van der Waals surface area (Å²) in [6.07, 6.45) is 0.375. The summed E-state index contributed by atoms with van der Waals surface area (Å²) in [6.45, 7) is 3.90. The van der Waals surface area contributed by atoms with E-state index in [9.17, 15) is 9.59 Å². The van der Waals surface area contributed by atoms with E-state index in [2.05, 4.69) is 0 Å². The molecule has 0 aromatic heterocycles. The van der Waals surface area contributed by atoms with Gasteiger partial charge in [0.15, 0.2) is 5.78 Å². The van der Waals surface area contributed by atoms with Crippen LogP contribution in [-0.4, -0.2) is 18.7 Å². The minimum absolute atomic E-state index is 0.0235. The molecule has 1 heterocycles. The Labute approximate surface area is 124 Å². The summed E-state index contributed by atoms with van der Waals surface area (Å²) < 4.78 is 0. The minimum atomic E-state index is 0.0235. The Balaban J connectivity index is 2.05. The molecule has 0 N–H and O–H groups in total. The molecule has 21 heavy (non-hydrogen) atoms. The molecule has 2 aromatic rings. The van der Waals surface area contributed by atoms with Crippen molar-refractivity contribution in [2.75, 3.05) is 11.9 Å². The number of rotatable bonds is 2. The van der Waals surface area contributed by atoms with Crippen molar-refractivity contribution in [3.63, 3.8) is 0 Å². The van der Waals surface area contributed by atoms with Crippen molar-refractivity contribution in [3.05, 3.63) is 64.2 Å². The Bertz CT molecular complexity index is 742. The molecule has 0 fully saturated rings. The standard InChI is InChI=1S/C18H17NO2/c1-11-5-4-6-12(2)17(11)18(21)13-7-8-15-14(9-13)10-16(20)19(15)3/h4-9H,10H2,1-3H3. The molecule has 1 aliphatic heterocycles. The number of fused-ring (bicyclic) bond motifs is 1. The van der Waals surface area contributed by atoms with E-state index in [0.717, 1.165) is 27.9 Å². The Morgan fingerprint density at radius 3 is 2.43 bits per heavy atom. The van der Waals surface area contributed by atoms with Crippen molar-refractivity contribution >= 4 is 17.4 Å². The highest BCUT2D eigenvalue weighted by Gasteiger charge is 2.25. The van der Waals surface area contributed by atoms with Crippen LogP contribution in [-0.2, 0) is 11.2 Å². The molecule has 106 valence electrons. The average molecular weight is 279 g/mol. The number of anilines is 1. The monoisotopic (exact) mass is 279 g/mol. The van der Waals surface area contributed by atoms with E-state index in [0.29, 0.717) is 12.0 Å². The fourth-order valence-electron chi connectivity index (χ4n) is 2.93. The van der Waals surface area contributed by atoms with Gasteiger partial charge >= 0.3 is 0 Å². The molecule has 1 aliphatic rings. The molecule has 0 saturated heterocycles. The van der Waals surface area contributed by atoms with E-state index in [1.54, 1.807) is 11.9 Å². The highest BCUT2D eigenvalue weighted by molar-refractivity contribution is 6.12. The lowest BCUT2D eigenvalue weighted by molar-refractivity contribution is -0.117. The Hall–Kier alpha value is -2.42. The molecular weight excluding hydrogens is 262 g/mol. The largest absolute Gasteiger partial charge is 0.315 e. The topological polar surface area (TPSA) is 37.4 Å². The SMILES string of the molecule is Cc1cccc(C)c1C(=O)c1ccc2c(c1)CC(=O)N2C. The normalized spacial score (nSPS) is 13.5. The van der Waals surface area contributed by atoms with Crippen LogP contribution in [0.5, 0.6) is 0 Å². The highest BCUT2D eigenvalue weighted by Crippen LogP contribution is 2.29. The number of nitrogens with zero attached hydrogens (tertiary/aromatic N) is 1. The van der Waals surface area contributed by atoms with E-state index < -0.39 is 0 Å². The summed E-state index contributed by atoms with van der Waals surface area (Å²) in [5.74, 6) is 0.0945. The van der Waals surface area contributed by atoms with E-state index in [1.807, 2.05) is 50.2 Å². The predicted octanol–water partition coefficient (Wildman–Crippen LogP) is 3.05. The number of hydrogen-bond donors (Lipinski definition) is 0. The molecule has 1 amide bonds. The molecule has 0 radical (unpaired) electrons. The Kier molecular flexibility index (Phi) is 3.13. The van der Waals surface area contributed by atoms with Crippen LogP contribution in [0.25, 0.3) is 0 Å². The van der Waals surface area contributed by atoms with Crippen LogP contribution in [0.2, 0.25) is 0 Å². The molecule has 0 aliphatic carbocycles. The smallest absolute Gasteiger partial charge is 0.231 e. The van der Waals surface area contributed by atoms with Crippen LogP contribution >= 0.6 is 0 Å². The number of carbonyl (C=O) groups excluding carboxylic acids is 2. The van der Waals surface area contributed by atoms with Gasteiger partial charge in [0, 0.05) is 23.9 Å². The maximum atomic E-state index is 12.8.